The lowest BCUT2D eigenvalue weighted by molar-refractivity contribution is 0.0695. The fourth-order valence-corrected chi connectivity index (χ4v) is 3.26. The zero-order valence-corrected chi connectivity index (χ0v) is 12.9. The van der Waals surface area contributed by atoms with E-state index in [1.165, 1.54) is 34.8 Å². The molecule has 1 saturated heterocycles. The summed E-state index contributed by atoms with van der Waals surface area (Å²) in [7, 11) is -0.460. The number of hydrogen-bond donors (Lipinski definition) is 1. The largest absolute Gasteiger partial charge is 0.508 e. The molecule has 1 heterocycles. The van der Waals surface area contributed by atoms with E-state index in [2.05, 4.69) is 0 Å². The number of carbonyl (C=O) groups is 1. The fraction of sp³-hybridized carbons (Fsp3) is 0.462. The average Bonchev–Trinajstić information content (AvgIpc) is 2.46. The summed E-state index contributed by atoms with van der Waals surface area (Å²) in [5, 5.41) is 9.41. The Morgan fingerprint density at radius 2 is 1.81 bits per heavy atom. The lowest BCUT2D eigenvalue weighted by Crippen LogP contribution is -2.53. The van der Waals surface area contributed by atoms with Crippen LogP contribution in [-0.2, 0) is 10.2 Å². The zero-order valence-electron chi connectivity index (χ0n) is 12.1. The molecular weight excluding hydrogens is 294 g/mol. The van der Waals surface area contributed by atoms with Gasteiger partial charge in [0.25, 0.3) is 16.1 Å². The Labute approximate surface area is 124 Å². The Morgan fingerprint density at radius 3 is 2.33 bits per heavy atom. The van der Waals surface area contributed by atoms with Crippen molar-refractivity contribution in [2.75, 3.05) is 40.3 Å². The summed E-state index contributed by atoms with van der Waals surface area (Å²) in [5.74, 6) is -0.164. The summed E-state index contributed by atoms with van der Waals surface area (Å²) in [6.45, 7) is 1.21. The maximum atomic E-state index is 12.3. The zero-order chi connectivity index (χ0) is 15.6. The number of nitrogens with zero attached hydrogens (tertiary/aromatic N) is 3. The van der Waals surface area contributed by atoms with E-state index in [0.717, 1.165) is 0 Å². The van der Waals surface area contributed by atoms with Crippen molar-refractivity contribution in [2.24, 2.45) is 0 Å². The second kappa shape index (κ2) is 6.00. The number of piperazine rings is 1. The van der Waals surface area contributed by atoms with Gasteiger partial charge in [-0.25, -0.2) is 0 Å². The third-order valence-electron chi connectivity index (χ3n) is 3.41. The minimum absolute atomic E-state index is 0.0367. The second-order valence-electron chi connectivity index (χ2n) is 5.03. The Hall–Kier alpha value is -1.64. The predicted molar refractivity (Wildman–Crippen MR) is 78.2 cm³/mol. The molecule has 1 aliphatic heterocycles. The van der Waals surface area contributed by atoms with E-state index >= 15 is 0 Å². The molecule has 0 radical (unpaired) electrons. The number of rotatable bonds is 3. The highest BCUT2D eigenvalue weighted by Crippen LogP contribution is 2.15. The molecular formula is C13H19N3O4S. The van der Waals surface area contributed by atoms with Gasteiger partial charge in [-0.2, -0.15) is 17.0 Å². The molecule has 0 atom stereocenters. The van der Waals surface area contributed by atoms with E-state index < -0.39 is 10.2 Å². The van der Waals surface area contributed by atoms with Crippen molar-refractivity contribution in [2.45, 2.75) is 0 Å². The highest BCUT2D eigenvalue weighted by Gasteiger charge is 2.30. The first-order chi connectivity index (χ1) is 9.82. The van der Waals surface area contributed by atoms with Crippen molar-refractivity contribution in [3.8, 4) is 5.75 Å². The van der Waals surface area contributed by atoms with E-state index in [1.807, 2.05) is 0 Å². The smallest absolute Gasteiger partial charge is 0.281 e. The first-order valence-corrected chi connectivity index (χ1v) is 7.98. The van der Waals surface area contributed by atoms with Gasteiger partial charge in [0.1, 0.15) is 5.75 Å². The Kier molecular flexibility index (Phi) is 4.50. The van der Waals surface area contributed by atoms with E-state index in [9.17, 15) is 18.3 Å². The van der Waals surface area contributed by atoms with Crippen LogP contribution < -0.4 is 0 Å². The summed E-state index contributed by atoms with van der Waals surface area (Å²) >= 11 is 0. The summed E-state index contributed by atoms with van der Waals surface area (Å²) in [5.41, 5.74) is 0.402. The molecule has 8 heteroatoms. The van der Waals surface area contributed by atoms with Gasteiger partial charge in [0.05, 0.1) is 0 Å². The van der Waals surface area contributed by atoms with Crippen LogP contribution in [0.1, 0.15) is 10.4 Å². The predicted octanol–water partition coefficient (Wildman–Crippen LogP) is -0.0436. The van der Waals surface area contributed by atoms with Crippen molar-refractivity contribution in [1.29, 1.82) is 0 Å². The van der Waals surface area contributed by atoms with Gasteiger partial charge in [0.2, 0.25) is 0 Å². The summed E-state index contributed by atoms with van der Waals surface area (Å²) in [6.07, 6.45) is 0. The van der Waals surface area contributed by atoms with Crippen LogP contribution in [0.2, 0.25) is 0 Å². The Morgan fingerprint density at radius 1 is 1.19 bits per heavy atom. The molecule has 2 rings (SSSR count). The quantitative estimate of drug-likeness (QED) is 0.849. The average molecular weight is 313 g/mol. The Balaban J connectivity index is 2.03. The van der Waals surface area contributed by atoms with Crippen LogP contribution in [0.15, 0.2) is 24.3 Å². The molecule has 1 aliphatic rings. The lowest BCUT2D eigenvalue weighted by atomic mass is 10.2. The maximum absolute atomic E-state index is 12.3. The Bertz CT molecular complexity index is 622. The molecule has 0 unspecified atom stereocenters. The van der Waals surface area contributed by atoms with Gasteiger partial charge in [-0.15, -0.1) is 0 Å². The molecule has 1 amide bonds. The van der Waals surface area contributed by atoms with Crippen molar-refractivity contribution < 1.29 is 18.3 Å². The number of aromatic hydroxyl groups is 1. The molecule has 21 heavy (non-hydrogen) atoms. The molecule has 0 aromatic heterocycles. The molecule has 7 nitrogen and oxygen atoms in total. The van der Waals surface area contributed by atoms with Crippen LogP contribution in [-0.4, -0.2) is 73.2 Å². The maximum Gasteiger partial charge on any atom is 0.281 e. The van der Waals surface area contributed by atoms with Gasteiger partial charge in [0.15, 0.2) is 0 Å². The molecule has 1 aromatic carbocycles. The van der Waals surface area contributed by atoms with Crippen molar-refractivity contribution in [3.63, 3.8) is 0 Å². The number of hydrogen-bond acceptors (Lipinski definition) is 4. The van der Waals surface area contributed by atoms with Gasteiger partial charge in [-0.3, -0.25) is 4.79 Å². The third kappa shape index (κ3) is 3.34. The molecule has 116 valence electrons. The molecule has 1 fully saturated rings. The number of phenols is 1. The highest BCUT2D eigenvalue weighted by atomic mass is 32.2. The van der Waals surface area contributed by atoms with Crippen LogP contribution in [0.4, 0.5) is 0 Å². The fourth-order valence-electron chi connectivity index (χ4n) is 2.17. The van der Waals surface area contributed by atoms with Crippen LogP contribution in [0.5, 0.6) is 5.75 Å². The van der Waals surface area contributed by atoms with Crippen LogP contribution >= 0.6 is 0 Å². The van der Waals surface area contributed by atoms with Crippen LogP contribution in [0.3, 0.4) is 0 Å². The van der Waals surface area contributed by atoms with Crippen molar-refractivity contribution in [3.05, 3.63) is 29.8 Å². The van der Waals surface area contributed by atoms with Crippen molar-refractivity contribution >= 4 is 16.1 Å². The molecule has 0 bridgehead atoms. The summed E-state index contributed by atoms with van der Waals surface area (Å²) < 4.78 is 26.5. The van der Waals surface area contributed by atoms with E-state index in [0.29, 0.717) is 18.7 Å². The molecule has 0 saturated carbocycles. The minimum atomic E-state index is -3.43. The second-order valence-corrected chi connectivity index (χ2v) is 7.17. The first-order valence-electron chi connectivity index (χ1n) is 6.58. The number of carbonyl (C=O) groups excluding carboxylic acids is 1. The van der Waals surface area contributed by atoms with Crippen LogP contribution in [0, 0.1) is 0 Å². The van der Waals surface area contributed by atoms with Gasteiger partial charge < -0.3 is 10.0 Å². The van der Waals surface area contributed by atoms with E-state index in [1.54, 1.807) is 17.0 Å². The summed E-state index contributed by atoms with van der Waals surface area (Å²) in [4.78, 5) is 13.9. The van der Waals surface area contributed by atoms with Gasteiger partial charge in [-0.05, 0) is 18.2 Å². The van der Waals surface area contributed by atoms with Gasteiger partial charge in [-0.1, -0.05) is 6.07 Å². The standard InChI is InChI=1S/C13H19N3O4S/c1-14(2)21(19,20)16-8-6-15(7-9-16)13(18)11-4-3-5-12(17)10-11/h3-5,10,17H,6-9H2,1-2H3. The van der Waals surface area contributed by atoms with E-state index in [4.69, 9.17) is 0 Å². The third-order valence-corrected chi connectivity index (χ3v) is 5.35. The number of amides is 1. The molecule has 0 spiro atoms. The first kappa shape index (κ1) is 15.7. The van der Waals surface area contributed by atoms with Gasteiger partial charge >= 0.3 is 0 Å². The molecule has 1 aromatic rings. The lowest BCUT2D eigenvalue weighted by Gasteiger charge is -2.35. The van der Waals surface area contributed by atoms with Crippen molar-refractivity contribution in [1.82, 2.24) is 13.5 Å². The highest BCUT2D eigenvalue weighted by molar-refractivity contribution is 7.86. The van der Waals surface area contributed by atoms with Gasteiger partial charge in [0, 0.05) is 45.8 Å². The van der Waals surface area contributed by atoms with E-state index in [-0.39, 0.29) is 24.7 Å². The monoisotopic (exact) mass is 313 g/mol. The molecule has 0 aliphatic carbocycles. The normalized spacial score (nSPS) is 17.2. The SMILES string of the molecule is CN(C)S(=O)(=O)N1CCN(C(=O)c2cccc(O)c2)CC1. The topological polar surface area (TPSA) is 81.2 Å². The summed E-state index contributed by atoms with van der Waals surface area (Å²) in [6, 6.07) is 6.14. The number of benzene rings is 1. The molecule has 1 N–H and O–H groups in total. The number of phenolic OH excluding ortho intramolecular Hbond substituents is 1. The van der Waals surface area contributed by atoms with Crippen LogP contribution in [0.25, 0.3) is 0 Å². The minimum Gasteiger partial charge on any atom is -0.508 e.